The lowest BCUT2D eigenvalue weighted by Crippen LogP contribution is -2.14. The van der Waals surface area contributed by atoms with Crippen LogP contribution in [0.5, 0.6) is 0 Å². The molecule has 94 valence electrons. The second-order valence-electron chi connectivity index (χ2n) is 4.46. The van der Waals surface area contributed by atoms with Crippen LogP contribution in [-0.4, -0.2) is 11.5 Å². The smallest absolute Gasteiger partial charge is 0.104 e. The van der Waals surface area contributed by atoms with E-state index in [4.69, 9.17) is 18.0 Å². The van der Waals surface area contributed by atoms with Crippen LogP contribution in [0.1, 0.15) is 37.8 Å². The Hall–Kier alpha value is -1.09. The summed E-state index contributed by atoms with van der Waals surface area (Å²) in [6.45, 7) is 7.53. The van der Waals surface area contributed by atoms with E-state index >= 15 is 0 Å². The van der Waals surface area contributed by atoms with Gasteiger partial charge in [0.15, 0.2) is 0 Å². The van der Waals surface area contributed by atoms with Gasteiger partial charge in [-0.25, -0.2) is 0 Å². The standard InChI is InChI=1S/C14H22N2S/c1-4-11(5-2)9-16-12-6-7-13(14(15)17)10(3)8-12/h6-8,11,16H,4-5,9H2,1-3H3,(H2,15,17). The van der Waals surface area contributed by atoms with E-state index in [1.54, 1.807) is 0 Å². The van der Waals surface area contributed by atoms with Crippen molar-refractivity contribution in [2.45, 2.75) is 33.6 Å². The topological polar surface area (TPSA) is 38.0 Å². The van der Waals surface area contributed by atoms with Crippen molar-refractivity contribution in [1.82, 2.24) is 0 Å². The number of nitrogens with two attached hydrogens (primary N) is 1. The SMILES string of the molecule is CCC(CC)CNc1ccc(C(N)=S)c(C)c1. The first-order valence-electron chi connectivity index (χ1n) is 6.22. The number of thiocarbonyl (C=S) groups is 1. The summed E-state index contributed by atoms with van der Waals surface area (Å²) in [5.74, 6) is 0.741. The Morgan fingerprint density at radius 3 is 2.47 bits per heavy atom. The molecule has 0 bridgehead atoms. The van der Waals surface area contributed by atoms with E-state index in [-0.39, 0.29) is 0 Å². The molecule has 0 aromatic heterocycles. The second kappa shape index (κ2) is 6.60. The van der Waals surface area contributed by atoms with Crippen LogP contribution < -0.4 is 11.1 Å². The molecule has 0 radical (unpaired) electrons. The third kappa shape index (κ3) is 4.00. The molecular formula is C14H22N2S. The van der Waals surface area contributed by atoms with Crippen molar-refractivity contribution >= 4 is 22.9 Å². The van der Waals surface area contributed by atoms with Crippen LogP contribution in [0.4, 0.5) is 5.69 Å². The quantitative estimate of drug-likeness (QED) is 0.759. The fraction of sp³-hybridized carbons (Fsp3) is 0.500. The molecule has 17 heavy (non-hydrogen) atoms. The molecule has 0 aliphatic rings. The van der Waals surface area contributed by atoms with Crippen molar-refractivity contribution in [1.29, 1.82) is 0 Å². The molecule has 0 saturated carbocycles. The monoisotopic (exact) mass is 250 g/mol. The van der Waals surface area contributed by atoms with Gasteiger partial charge in [-0.2, -0.15) is 0 Å². The molecule has 1 aromatic rings. The van der Waals surface area contributed by atoms with E-state index in [0.29, 0.717) is 4.99 Å². The fourth-order valence-corrected chi connectivity index (χ4v) is 2.12. The third-order valence-corrected chi connectivity index (χ3v) is 3.46. The van der Waals surface area contributed by atoms with Gasteiger partial charge < -0.3 is 11.1 Å². The molecule has 0 unspecified atom stereocenters. The highest BCUT2D eigenvalue weighted by atomic mass is 32.1. The summed E-state index contributed by atoms with van der Waals surface area (Å²) in [6.07, 6.45) is 2.43. The van der Waals surface area contributed by atoms with Crippen LogP contribution in [0.25, 0.3) is 0 Å². The molecule has 0 atom stereocenters. The van der Waals surface area contributed by atoms with E-state index < -0.39 is 0 Å². The highest BCUT2D eigenvalue weighted by molar-refractivity contribution is 7.80. The lowest BCUT2D eigenvalue weighted by Gasteiger charge is -2.15. The van der Waals surface area contributed by atoms with Gasteiger partial charge in [0.25, 0.3) is 0 Å². The Bertz CT molecular complexity index is 384. The number of hydrogen-bond donors (Lipinski definition) is 2. The zero-order chi connectivity index (χ0) is 12.8. The van der Waals surface area contributed by atoms with Crippen molar-refractivity contribution < 1.29 is 0 Å². The zero-order valence-corrected chi connectivity index (χ0v) is 11.7. The van der Waals surface area contributed by atoms with Crippen LogP contribution in [-0.2, 0) is 0 Å². The lowest BCUT2D eigenvalue weighted by atomic mass is 10.0. The molecule has 3 heteroatoms. The van der Waals surface area contributed by atoms with Crippen LogP contribution >= 0.6 is 12.2 Å². The number of aryl methyl sites for hydroxylation is 1. The summed E-state index contributed by atoms with van der Waals surface area (Å²) in [5, 5.41) is 3.47. The number of benzene rings is 1. The van der Waals surface area contributed by atoms with Crippen LogP contribution in [0.2, 0.25) is 0 Å². The molecule has 0 aliphatic carbocycles. The van der Waals surface area contributed by atoms with Crippen molar-refractivity contribution in [3.8, 4) is 0 Å². The summed E-state index contributed by atoms with van der Waals surface area (Å²) in [5.41, 5.74) is 8.89. The first kappa shape index (κ1) is 14.0. The molecule has 0 fully saturated rings. The lowest BCUT2D eigenvalue weighted by molar-refractivity contribution is 0.519. The number of rotatable bonds is 6. The summed E-state index contributed by atoms with van der Waals surface area (Å²) in [6, 6.07) is 6.15. The summed E-state index contributed by atoms with van der Waals surface area (Å²) in [4.78, 5) is 0.467. The van der Waals surface area contributed by atoms with E-state index in [9.17, 15) is 0 Å². The van der Waals surface area contributed by atoms with Gasteiger partial charge in [-0.3, -0.25) is 0 Å². The van der Waals surface area contributed by atoms with Crippen molar-refractivity contribution in [3.63, 3.8) is 0 Å². The first-order valence-corrected chi connectivity index (χ1v) is 6.63. The van der Waals surface area contributed by atoms with Gasteiger partial charge in [-0.15, -0.1) is 0 Å². The minimum Gasteiger partial charge on any atom is -0.389 e. The minimum atomic E-state index is 0.467. The molecule has 0 heterocycles. The van der Waals surface area contributed by atoms with E-state index in [1.165, 1.54) is 12.8 Å². The average molecular weight is 250 g/mol. The van der Waals surface area contributed by atoms with Gasteiger partial charge in [0.2, 0.25) is 0 Å². The maximum atomic E-state index is 5.64. The highest BCUT2D eigenvalue weighted by Gasteiger charge is 2.05. The minimum absolute atomic E-state index is 0.467. The molecule has 0 spiro atoms. The Labute approximate surface area is 110 Å². The fourth-order valence-electron chi connectivity index (χ4n) is 1.89. The predicted octanol–water partition coefficient (Wildman–Crippen LogP) is 3.48. The van der Waals surface area contributed by atoms with Crippen molar-refractivity contribution in [3.05, 3.63) is 29.3 Å². The third-order valence-electron chi connectivity index (χ3n) is 3.24. The Morgan fingerprint density at radius 2 is 2.00 bits per heavy atom. The van der Waals surface area contributed by atoms with Gasteiger partial charge in [0, 0.05) is 17.8 Å². The van der Waals surface area contributed by atoms with Crippen molar-refractivity contribution in [2.24, 2.45) is 11.7 Å². The number of hydrogen-bond acceptors (Lipinski definition) is 2. The maximum absolute atomic E-state index is 5.64. The Balaban J connectivity index is 2.67. The largest absolute Gasteiger partial charge is 0.389 e. The number of anilines is 1. The van der Waals surface area contributed by atoms with E-state index in [1.807, 2.05) is 19.1 Å². The van der Waals surface area contributed by atoms with Crippen molar-refractivity contribution in [2.75, 3.05) is 11.9 Å². The average Bonchev–Trinajstić information content (AvgIpc) is 2.30. The molecule has 3 N–H and O–H groups in total. The molecule has 1 aromatic carbocycles. The maximum Gasteiger partial charge on any atom is 0.104 e. The first-order chi connectivity index (χ1) is 8.08. The highest BCUT2D eigenvalue weighted by Crippen LogP contribution is 2.16. The zero-order valence-electron chi connectivity index (χ0n) is 10.9. The van der Waals surface area contributed by atoms with Crippen LogP contribution in [0.3, 0.4) is 0 Å². The van der Waals surface area contributed by atoms with E-state index in [0.717, 1.165) is 29.3 Å². The summed E-state index contributed by atoms with van der Waals surface area (Å²) in [7, 11) is 0. The van der Waals surface area contributed by atoms with Crippen LogP contribution in [0, 0.1) is 12.8 Å². The van der Waals surface area contributed by atoms with Gasteiger partial charge >= 0.3 is 0 Å². The molecular weight excluding hydrogens is 228 g/mol. The molecule has 2 nitrogen and oxygen atoms in total. The van der Waals surface area contributed by atoms with Gasteiger partial charge in [0.1, 0.15) is 4.99 Å². The molecule has 0 aliphatic heterocycles. The number of nitrogens with one attached hydrogen (secondary N) is 1. The van der Waals surface area contributed by atoms with Gasteiger partial charge in [0.05, 0.1) is 0 Å². The molecule has 1 rings (SSSR count). The molecule has 0 saturated heterocycles. The normalized spacial score (nSPS) is 10.6. The van der Waals surface area contributed by atoms with Crippen LogP contribution in [0.15, 0.2) is 18.2 Å². The Morgan fingerprint density at radius 1 is 1.35 bits per heavy atom. The van der Waals surface area contributed by atoms with Gasteiger partial charge in [-0.05, 0) is 36.6 Å². The van der Waals surface area contributed by atoms with Gasteiger partial charge in [-0.1, -0.05) is 38.9 Å². The molecule has 0 amide bonds. The Kier molecular flexibility index (Phi) is 5.42. The second-order valence-corrected chi connectivity index (χ2v) is 4.90. The van der Waals surface area contributed by atoms with E-state index in [2.05, 4.69) is 25.2 Å². The summed E-state index contributed by atoms with van der Waals surface area (Å²) >= 11 is 4.99. The predicted molar refractivity (Wildman–Crippen MR) is 79.6 cm³/mol. The summed E-state index contributed by atoms with van der Waals surface area (Å²) < 4.78 is 0.